The summed E-state index contributed by atoms with van der Waals surface area (Å²) in [5.74, 6) is -40.1. The summed E-state index contributed by atoms with van der Waals surface area (Å²) < 4.78 is 236. The van der Waals surface area contributed by atoms with Crippen LogP contribution >= 0.6 is 0 Å². The molecule has 2 aliphatic rings. The zero-order valence-electron chi connectivity index (χ0n) is 95.0. The molecule has 2 rings (SSSR count). The second kappa shape index (κ2) is 91.8. The molecule has 0 bridgehead atoms. The molecule has 0 heterocycles. The molecule has 32 heteroatoms. The Bertz CT molecular complexity index is 3590. The molecule has 0 radical (unpaired) electrons. The molecule has 880 valence electrons. The van der Waals surface area contributed by atoms with Crippen LogP contribution in [0.15, 0.2) is 99.2 Å². The van der Waals surface area contributed by atoms with Crippen LogP contribution in [0.25, 0.3) is 0 Å². The molecule has 2 saturated carbocycles. The Balaban J connectivity index is -0.000000397. The zero-order chi connectivity index (χ0) is 116. The topological polar surface area (TPSA) is 210 Å². The third-order valence-corrected chi connectivity index (χ3v) is 24.9. The van der Waals surface area contributed by atoms with Crippen LogP contribution in [0.4, 0.5) is 70.2 Å². The van der Waals surface area contributed by atoms with Crippen molar-refractivity contribution in [2.45, 2.75) is 556 Å². The Kier molecular flexibility index (Phi) is 93.7. The molecule has 16 nitrogen and oxygen atoms in total. The maximum Gasteiger partial charge on any atom is 0.381 e. The Hall–Kier alpha value is -7.44. The molecular formula is C118H200F16O16. The summed E-state index contributed by atoms with van der Waals surface area (Å²) in [6.07, 6.45) is 67.3. The van der Waals surface area contributed by atoms with Crippen molar-refractivity contribution < 1.29 is 146 Å². The van der Waals surface area contributed by atoms with Gasteiger partial charge >= 0.3 is 96.1 Å². The molecule has 2 fully saturated rings. The number of unbranched alkanes of at least 4 members (excludes halogenated alkanes) is 42. The fourth-order valence-electron chi connectivity index (χ4n) is 16.6. The van der Waals surface area contributed by atoms with Crippen LogP contribution in [0, 0.1) is 22.7 Å². The summed E-state index contributed by atoms with van der Waals surface area (Å²) in [5, 5.41) is 0. The van der Waals surface area contributed by atoms with Crippen LogP contribution in [0.5, 0.6) is 0 Å². The van der Waals surface area contributed by atoms with Crippen molar-refractivity contribution in [1.29, 1.82) is 0 Å². The quantitative estimate of drug-likeness (QED) is 0.0182. The van der Waals surface area contributed by atoms with E-state index >= 15 is 0 Å². The Morgan fingerprint density at radius 2 is 0.527 bits per heavy atom. The van der Waals surface area contributed by atoms with Crippen molar-refractivity contribution in [2.24, 2.45) is 22.7 Å². The van der Waals surface area contributed by atoms with E-state index in [1.54, 1.807) is 20.8 Å². The first-order valence-electron chi connectivity index (χ1n) is 55.7. The van der Waals surface area contributed by atoms with Gasteiger partial charge < -0.3 is 37.9 Å². The first kappa shape index (κ1) is 153. The second-order valence-electron chi connectivity index (χ2n) is 41.8. The van der Waals surface area contributed by atoms with Crippen LogP contribution in [0.1, 0.15) is 483 Å². The maximum atomic E-state index is 12.8. The summed E-state index contributed by atoms with van der Waals surface area (Å²) in [6, 6.07) is 0. The second-order valence-corrected chi connectivity index (χ2v) is 41.8. The summed E-state index contributed by atoms with van der Waals surface area (Å²) >= 11 is 0. The van der Waals surface area contributed by atoms with Crippen LogP contribution in [0.2, 0.25) is 0 Å². The molecule has 0 saturated heterocycles. The third-order valence-electron chi connectivity index (χ3n) is 24.9. The van der Waals surface area contributed by atoms with E-state index in [1.165, 1.54) is 326 Å². The number of hydrogen-bond donors (Lipinski definition) is 0. The van der Waals surface area contributed by atoms with Gasteiger partial charge in [-0.2, -0.15) is 52.7 Å². The van der Waals surface area contributed by atoms with Crippen molar-refractivity contribution in [3.8, 4) is 0 Å². The lowest BCUT2D eigenvalue weighted by molar-refractivity contribution is -0.344. The lowest BCUT2D eigenvalue weighted by Crippen LogP contribution is -2.59. The van der Waals surface area contributed by atoms with Gasteiger partial charge in [-0.25, -0.2) is 55.9 Å². The van der Waals surface area contributed by atoms with Gasteiger partial charge in [0.15, 0.2) is 13.2 Å². The highest BCUT2D eigenvalue weighted by atomic mass is 19.4. The van der Waals surface area contributed by atoms with E-state index in [4.69, 9.17) is 28.4 Å². The number of halogens is 16. The predicted octanol–water partition coefficient (Wildman–Crippen LogP) is 37.2. The monoisotopic (exact) mass is 2180 g/mol. The van der Waals surface area contributed by atoms with E-state index in [0.717, 1.165) is 71.1 Å². The molecule has 0 spiro atoms. The number of ether oxygens (including phenoxy) is 8. The molecule has 0 amide bonds. The minimum absolute atomic E-state index is 0.0768. The summed E-state index contributed by atoms with van der Waals surface area (Å²) in [4.78, 5) is 88.6. The molecule has 0 aromatic heterocycles. The number of hydrogen-bond acceptors (Lipinski definition) is 16. The highest BCUT2D eigenvalue weighted by Crippen LogP contribution is 2.51. The van der Waals surface area contributed by atoms with Gasteiger partial charge in [-0.15, -0.1) is 0 Å². The molecule has 150 heavy (non-hydrogen) atoms. The van der Waals surface area contributed by atoms with Crippen LogP contribution in [-0.2, 0) is 76.3 Å². The number of rotatable bonds is 76. The van der Waals surface area contributed by atoms with Gasteiger partial charge in [0.2, 0.25) is 0 Å². The van der Waals surface area contributed by atoms with Gasteiger partial charge in [0.25, 0.3) is 0 Å². The summed E-state index contributed by atoms with van der Waals surface area (Å²) in [7, 11) is 0. The summed E-state index contributed by atoms with van der Waals surface area (Å²) in [6.45, 7) is 55.9. The molecule has 0 N–H and O–H groups in total. The van der Waals surface area contributed by atoms with Crippen molar-refractivity contribution >= 4 is 47.8 Å². The Morgan fingerprint density at radius 1 is 0.293 bits per heavy atom. The summed E-state index contributed by atoms with van der Waals surface area (Å²) in [5.41, 5.74) is 1.62. The fraction of sp³-hybridized carbons (Fsp3) is 0.797. The Morgan fingerprint density at radius 3 is 0.787 bits per heavy atom. The Labute approximate surface area is 894 Å². The van der Waals surface area contributed by atoms with Crippen LogP contribution < -0.4 is 0 Å². The number of esters is 8. The number of alkyl halides is 16. The average molecular weight is 2180 g/mol. The van der Waals surface area contributed by atoms with E-state index in [-0.39, 0.29) is 65.6 Å². The zero-order valence-corrected chi connectivity index (χ0v) is 95.0. The lowest BCUT2D eigenvalue weighted by Gasteiger charge is -2.38. The molecule has 0 aliphatic heterocycles. The number of carbonyl (C=O) groups excluding carboxylic acids is 8. The fourth-order valence-corrected chi connectivity index (χ4v) is 16.6. The van der Waals surface area contributed by atoms with Gasteiger partial charge in [0, 0.05) is 46.6 Å². The lowest BCUT2D eigenvalue weighted by atomic mass is 9.71. The van der Waals surface area contributed by atoms with E-state index in [0.29, 0.717) is 53.3 Å². The minimum Gasteiger partial charge on any atom is -0.463 e. The standard InChI is InChI=1S/C22H42O2.C21H40O2.C17H32O2.C16H30O2.C13H22O2.C12H20O2.C9H8F8O2.C8H6F8O2/c1-5-7-9-11-13-15-17-19-21(24-22(23)20(3)4)18-16-14-12-10-8-6-2;1-4-7-9-11-13-15-17-19-20(23-21(22)6-3)18-16-14-12-10-8-5-2;1-4-5-6-7-8-9-10-11-12-13-14-15-19-17(18)16(2)3;1-3-5-6-7-8-9-10-11-12-13-14-15-18-16(17)4-2;1-9(2)12(14)15-11-6-10(3)7-13(4,5)8-11;1-5-11(13)14-10-6-9(2)7-12(3,4)8-10;1-4(2)5(18)19-3-7(12,13)9(16,17)8(14,15)6(10)11;1-2-4(17)18-3-6(11,12)8(15,16)7(13,14)5(9)10/h21H,3,5-19H2,1-2,4H3;6,20H,3-5,7-19H2,1-2H3;2,4-15H2,1,3H3;4H,2-3,5-15H2,1H3;10-11H,1,6-8H2,2-5H3;5,9-10H,1,6-8H2,2-4H3;6H,1,3H2,2H3;2,5H,1,3H2. The normalized spacial score (nSPS) is 15.5. The molecule has 0 aromatic carbocycles. The SMILES string of the molecule is C=C(C)C(=O)OC(CCCCCCCC)CCCCCCCCC.C=C(C)C(=O)OC1CC(C)CC(C)(C)C1.C=C(C)C(=O)OCC(F)(F)C(F)(F)C(F)(F)C(F)F.C=C(C)C(=O)OCCCCCCCCCCCCC.C=CC(=O)OC(CCCCCCCC)CCCCCCCCC.C=CC(=O)OC1CC(C)CC(C)(C)C1.C=CC(=O)OCC(F)(F)C(F)(F)C(F)(F)C(F)F.C=CC(=O)OCCCCCCCCCCCCC. The van der Waals surface area contributed by atoms with Crippen molar-refractivity contribution in [1.82, 2.24) is 0 Å². The van der Waals surface area contributed by atoms with Crippen molar-refractivity contribution in [3.05, 3.63) is 99.2 Å². The van der Waals surface area contributed by atoms with Gasteiger partial charge in [-0.05, 0) is 153 Å². The molecule has 2 aliphatic carbocycles. The molecular weight excluding hydrogens is 1980 g/mol. The molecule has 6 unspecified atom stereocenters. The first-order valence-corrected chi connectivity index (χ1v) is 55.7. The predicted molar refractivity (Wildman–Crippen MR) is 573 cm³/mol. The van der Waals surface area contributed by atoms with E-state index in [9.17, 15) is 109 Å². The van der Waals surface area contributed by atoms with Gasteiger partial charge in [0.1, 0.15) is 24.4 Å². The average Bonchev–Trinajstić information content (AvgIpc) is 0.767. The van der Waals surface area contributed by atoms with Gasteiger partial charge in [-0.1, -0.05) is 405 Å². The minimum atomic E-state index is -6.39. The smallest absolute Gasteiger partial charge is 0.381 e. The molecule has 0 aromatic rings. The van der Waals surface area contributed by atoms with Crippen LogP contribution in [-0.4, -0.2) is 147 Å². The number of carbonyl (C=O) groups is 8. The van der Waals surface area contributed by atoms with E-state index < -0.39 is 79.1 Å². The van der Waals surface area contributed by atoms with Crippen LogP contribution in [0.3, 0.4) is 0 Å². The van der Waals surface area contributed by atoms with Crippen molar-refractivity contribution in [3.63, 3.8) is 0 Å². The largest absolute Gasteiger partial charge is 0.463 e. The van der Waals surface area contributed by atoms with Gasteiger partial charge in [0.05, 0.1) is 13.2 Å². The first-order chi connectivity index (χ1) is 70.2. The third kappa shape index (κ3) is 82.1. The van der Waals surface area contributed by atoms with E-state index in [2.05, 4.69) is 145 Å². The highest BCUT2D eigenvalue weighted by Gasteiger charge is 2.77. The molecule has 6 atom stereocenters. The maximum absolute atomic E-state index is 12.8. The highest BCUT2D eigenvalue weighted by molar-refractivity contribution is 5.88. The van der Waals surface area contributed by atoms with E-state index in [1.807, 2.05) is 0 Å². The van der Waals surface area contributed by atoms with Crippen molar-refractivity contribution in [2.75, 3.05) is 26.4 Å². The van der Waals surface area contributed by atoms with Gasteiger partial charge in [-0.3, -0.25) is 0 Å².